The highest BCUT2D eigenvalue weighted by molar-refractivity contribution is 5.82. The minimum Gasteiger partial charge on any atom is -0.313 e. The highest BCUT2D eigenvalue weighted by atomic mass is 14.9. The Kier molecular flexibility index (Phi) is 2.49. The molecule has 1 N–H and O–H groups in total. The monoisotopic (exact) mass is 278 g/mol. The smallest absolute Gasteiger partial charge is 0.0749 e. The van der Waals surface area contributed by atoms with Gasteiger partial charge in [-0.1, -0.05) is 24.3 Å². The Labute approximate surface area is 126 Å². The van der Waals surface area contributed by atoms with Crippen molar-refractivity contribution in [3.63, 3.8) is 0 Å². The Bertz CT molecular complexity index is 674. The molecule has 2 bridgehead atoms. The van der Waals surface area contributed by atoms with Crippen LogP contribution in [0.3, 0.4) is 0 Å². The van der Waals surface area contributed by atoms with Gasteiger partial charge in [-0.05, 0) is 67.5 Å². The predicted molar refractivity (Wildman–Crippen MR) is 84.8 cm³/mol. The molecular formula is C19H22N2. The topological polar surface area (TPSA) is 24.9 Å². The minimum atomic E-state index is 0.488. The summed E-state index contributed by atoms with van der Waals surface area (Å²) in [6.07, 6.45) is 6.44. The fourth-order valence-electron chi connectivity index (χ4n) is 5.77. The lowest BCUT2D eigenvalue weighted by molar-refractivity contribution is 0.387. The maximum absolute atomic E-state index is 4.67. The van der Waals surface area contributed by atoms with Crippen LogP contribution in [0.4, 0.5) is 0 Å². The van der Waals surface area contributed by atoms with E-state index in [9.17, 15) is 0 Å². The number of rotatable bonds is 3. The molecular weight excluding hydrogens is 256 g/mol. The molecule has 108 valence electrons. The second kappa shape index (κ2) is 4.30. The van der Waals surface area contributed by atoms with E-state index in [1.165, 1.54) is 35.7 Å². The molecule has 1 aromatic heterocycles. The number of hydrogen-bond acceptors (Lipinski definition) is 2. The zero-order valence-corrected chi connectivity index (χ0v) is 12.5. The van der Waals surface area contributed by atoms with E-state index in [4.69, 9.17) is 0 Å². The summed E-state index contributed by atoms with van der Waals surface area (Å²) in [6, 6.07) is 11.4. The van der Waals surface area contributed by atoms with Crippen LogP contribution in [0.1, 0.15) is 30.9 Å². The Morgan fingerprint density at radius 1 is 1.10 bits per heavy atom. The largest absolute Gasteiger partial charge is 0.313 e. The zero-order chi connectivity index (χ0) is 14.0. The molecule has 0 amide bonds. The normalized spacial score (nSPS) is 37.7. The SMILES string of the molecule is CNC(c1cccc2cccnc12)C1C2C3CCC(C3)C21. The second-order valence-corrected chi connectivity index (χ2v) is 7.25. The van der Waals surface area contributed by atoms with Gasteiger partial charge in [0.15, 0.2) is 0 Å². The first-order chi connectivity index (χ1) is 10.4. The van der Waals surface area contributed by atoms with Crippen LogP contribution in [-0.2, 0) is 0 Å². The van der Waals surface area contributed by atoms with E-state index in [0.29, 0.717) is 6.04 Å². The van der Waals surface area contributed by atoms with Gasteiger partial charge in [0.25, 0.3) is 0 Å². The van der Waals surface area contributed by atoms with Crippen LogP contribution in [0.25, 0.3) is 10.9 Å². The average molecular weight is 278 g/mol. The first-order valence-electron chi connectivity index (χ1n) is 8.39. The van der Waals surface area contributed by atoms with E-state index in [0.717, 1.165) is 29.6 Å². The van der Waals surface area contributed by atoms with Crippen molar-refractivity contribution in [1.29, 1.82) is 0 Å². The fourth-order valence-corrected chi connectivity index (χ4v) is 5.77. The lowest BCUT2D eigenvalue weighted by atomic mass is 9.92. The summed E-state index contributed by atoms with van der Waals surface area (Å²) in [5.41, 5.74) is 2.60. The third kappa shape index (κ3) is 1.60. The molecule has 1 aromatic carbocycles. The Morgan fingerprint density at radius 2 is 1.86 bits per heavy atom. The quantitative estimate of drug-likeness (QED) is 0.924. The van der Waals surface area contributed by atoms with E-state index in [1.807, 2.05) is 12.3 Å². The first-order valence-corrected chi connectivity index (χ1v) is 8.39. The molecule has 3 saturated carbocycles. The molecule has 5 atom stereocenters. The summed E-state index contributed by atoms with van der Waals surface area (Å²) < 4.78 is 0. The number of pyridine rings is 1. The molecule has 3 aliphatic rings. The first kappa shape index (κ1) is 12.2. The van der Waals surface area contributed by atoms with Crippen molar-refractivity contribution in [3.05, 3.63) is 42.1 Å². The average Bonchev–Trinajstić information content (AvgIpc) is 2.94. The Balaban J connectivity index is 1.56. The van der Waals surface area contributed by atoms with Crippen LogP contribution >= 0.6 is 0 Å². The zero-order valence-electron chi connectivity index (χ0n) is 12.5. The van der Waals surface area contributed by atoms with Gasteiger partial charge in [-0.15, -0.1) is 0 Å². The summed E-state index contributed by atoms with van der Waals surface area (Å²) in [7, 11) is 2.13. The molecule has 3 aliphatic carbocycles. The van der Waals surface area contributed by atoms with Gasteiger partial charge < -0.3 is 5.32 Å². The van der Waals surface area contributed by atoms with Crippen molar-refractivity contribution in [2.45, 2.75) is 25.3 Å². The van der Waals surface area contributed by atoms with Crippen LogP contribution in [0, 0.1) is 29.6 Å². The number of fused-ring (bicyclic) bond motifs is 6. The van der Waals surface area contributed by atoms with Crippen LogP contribution in [0.15, 0.2) is 36.5 Å². The Morgan fingerprint density at radius 3 is 2.62 bits per heavy atom. The number of nitrogens with one attached hydrogen (secondary N) is 1. The third-order valence-corrected chi connectivity index (χ3v) is 6.49. The van der Waals surface area contributed by atoms with Gasteiger partial charge in [0.05, 0.1) is 5.52 Å². The molecule has 5 rings (SSSR count). The van der Waals surface area contributed by atoms with Gasteiger partial charge in [0.2, 0.25) is 0 Å². The third-order valence-electron chi connectivity index (χ3n) is 6.49. The standard InChI is InChI=1S/C19H22N2/c1-20-19(17-15-12-7-8-13(10-12)16(15)17)14-6-2-4-11-5-3-9-21-18(11)14/h2-6,9,12-13,15-17,19-20H,7-8,10H2,1H3. The van der Waals surface area contributed by atoms with E-state index in [-0.39, 0.29) is 0 Å². The minimum absolute atomic E-state index is 0.488. The Hall–Kier alpha value is -1.41. The second-order valence-electron chi connectivity index (χ2n) is 7.25. The summed E-state index contributed by atoms with van der Waals surface area (Å²) in [4.78, 5) is 4.67. The van der Waals surface area contributed by atoms with Crippen molar-refractivity contribution < 1.29 is 0 Å². The maximum atomic E-state index is 4.67. The molecule has 21 heavy (non-hydrogen) atoms. The molecule has 1 heterocycles. The lowest BCUT2D eigenvalue weighted by Crippen LogP contribution is -2.22. The molecule has 0 spiro atoms. The highest BCUT2D eigenvalue weighted by Gasteiger charge is 2.66. The maximum Gasteiger partial charge on any atom is 0.0749 e. The van der Waals surface area contributed by atoms with Gasteiger partial charge >= 0.3 is 0 Å². The van der Waals surface area contributed by atoms with Gasteiger partial charge in [0.1, 0.15) is 0 Å². The van der Waals surface area contributed by atoms with Gasteiger partial charge in [0, 0.05) is 17.6 Å². The van der Waals surface area contributed by atoms with Crippen LogP contribution in [0.5, 0.6) is 0 Å². The van der Waals surface area contributed by atoms with Crippen molar-refractivity contribution in [3.8, 4) is 0 Å². The lowest BCUT2D eigenvalue weighted by Gasteiger charge is -2.21. The molecule has 0 aliphatic heterocycles. The summed E-state index contributed by atoms with van der Waals surface area (Å²) in [6.45, 7) is 0. The van der Waals surface area contributed by atoms with E-state index < -0.39 is 0 Å². The van der Waals surface area contributed by atoms with Gasteiger partial charge in [-0.2, -0.15) is 0 Å². The summed E-state index contributed by atoms with van der Waals surface area (Å²) >= 11 is 0. The summed E-state index contributed by atoms with van der Waals surface area (Å²) in [5, 5.41) is 4.90. The summed E-state index contributed by atoms with van der Waals surface area (Å²) in [5.74, 6) is 4.92. The van der Waals surface area contributed by atoms with Crippen molar-refractivity contribution in [2.24, 2.45) is 29.6 Å². The molecule has 2 heteroatoms. The van der Waals surface area contributed by atoms with Crippen LogP contribution < -0.4 is 5.32 Å². The van der Waals surface area contributed by atoms with Gasteiger partial charge in [-0.3, -0.25) is 4.98 Å². The molecule has 3 fully saturated rings. The van der Waals surface area contributed by atoms with Crippen molar-refractivity contribution >= 4 is 10.9 Å². The van der Waals surface area contributed by atoms with Crippen LogP contribution in [0.2, 0.25) is 0 Å². The van der Waals surface area contributed by atoms with Crippen molar-refractivity contribution in [2.75, 3.05) is 7.05 Å². The van der Waals surface area contributed by atoms with Crippen LogP contribution in [-0.4, -0.2) is 12.0 Å². The van der Waals surface area contributed by atoms with E-state index in [1.54, 1.807) is 0 Å². The number of aromatic nitrogens is 1. The van der Waals surface area contributed by atoms with Crippen molar-refractivity contribution in [1.82, 2.24) is 10.3 Å². The molecule has 2 aromatic rings. The van der Waals surface area contributed by atoms with E-state index >= 15 is 0 Å². The number of hydrogen-bond donors (Lipinski definition) is 1. The molecule has 5 unspecified atom stereocenters. The highest BCUT2D eigenvalue weighted by Crippen LogP contribution is 2.72. The number of benzene rings is 1. The number of para-hydroxylation sites is 1. The number of nitrogens with zero attached hydrogens (tertiary/aromatic N) is 1. The predicted octanol–water partition coefficient (Wildman–Crippen LogP) is 3.79. The molecule has 2 nitrogen and oxygen atoms in total. The molecule has 0 saturated heterocycles. The molecule has 0 radical (unpaired) electrons. The van der Waals surface area contributed by atoms with E-state index in [2.05, 4.69) is 41.6 Å². The van der Waals surface area contributed by atoms with Gasteiger partial charge in [-0.25, -0.2) is 0 Å². The fraction of sp³-hybridized carbons (Fsp3) is 0.526.